The molecule has 32 heavy (non-hydrogen) atoms. The van der Waals surface area contributed by atoms with Crippen LogP contribution < -0.4 is 15.0 Å². The molecule has 0 radical (unpaired) electrons. The Morgan fingerprint density at radius 3 is 2.59 bits per heavy atom. The first kappa shape index (κ1) is 21.8. The molecule has 3 atom stereocenters. The number of urea groups is 1. The lowest BCUT2D eigenvalue weighted by Gasteiger charge is -2.30. The molecule has 10 heteroatoms. The van der Waals surface area contributed by atoms with Gasteiger partial charge in [0, 0.05) is 34.8 Å². The van der Waals surface area contributed by atoms with E-state index in [0.717, 1.165) is 22.6 Å². The van der Waals surface area contributed by atoms with Crippen molar-refractivity contribution in [1.29, 1.82) is 0 Å². The second-order valence-electron chi connectivity index (χ2n) is 8.21. The monoisotopic (exact) mass is 495 g/mol. The zero-order chi connectivity index (χ0) is 22.6. The Morgan fingerprint density at radius 2 is 1.91 bits per heavy atom. The van der Waals surface area contributed by atoms with Gasteiger partial charge in [-0.1, -0.05) is 34.8 Å². The zero-order valence-corrected chi connectivity index (χ0v) is 19.1. The Labute approximate surface area is 199 Å². The summed E-state index contributed by atoms with van der Waals surface area (Å²) >= 11 is 19.2. The third-order valence-electron chi connectivity index (χ3n) is 6.20. The largest absolute Gasteiger partial charge is 0.482 e. The highest BCUT2D eigenvalue weighted by Gasteiger charge is 2.42. The van der Waals surface area contributed by atoms with Crippen LogP contribution in [0.2, 0.25) is 15.1 Å². The number of aliphatic hydroxyl groups excluding tert-OH is 1. The van der Waals surface area contributed by atoms with Gasteiger partial charge in [0.15, 0.2) is 0 Å². The van der Waals surface area contributed by atoms with Crippen LogP contribution in [0.3, 0.4) is 0 Å². The molecule has 2 N–H and O–H groups in total. The molecule has 0 saturated carbocycles. The summed E-state index contributed by atoms with van der Waals surface area (Å²) in [7, 11) is 0. The maximum absolute atomic E-state index is 12.1. The number of hydrogen-bond acceptors (Lipinski definition) is 5. The number of likely N-dealkylation sites (tertiary alicyclic amines) is 1. The smallest absolute Gasteiger partial charge is 0.329 e. The summed E-state index contributed by atoms with van der Waals surface area (Å²) in [5.41, 5.74) is 2.19. The van der Waals surface area contributed by atoms with Gasteiger partial charge in [0.1, 0.15) is 11.9 Å². The number of aliphatic hydroxyl groups is 1. The molecule has 2 aliphatic heterocycles. The van der Waals surface area contributed by atoms with Crippen molar-refractivity contribution in [3.05, 3.63) is 56.5 Å². The number of hydrogen-bond donors (Lipinski definition) is 2. The molecule has 2 aromatic carbocycles. The van der Waals surface area contributed by atoms with E-state index < -0.39 is 12.1 Å². The number of carbonyl (C=O) groups excluding carboxylic acids is 2. The third kappa shape index (κ3) is 3.82. The van der Waals surface area contributed by atoms with Crippen molar-refractivity contribution in [1.82, 2.24) is 10.2 Å². The van der Waals surface area contributed by atoms with Crippen LogP contribution >= 0.6 is 34.8 Å². The molecule has 0 unspecified atom stereocenters. The number of β-amino-alcohol motifs (C(OH)–C–C–N with tert-alkyl or cyclic N) is 1. The molecular weight excluding hydrogens is 477 g/mol. The Balaban J connectivity index is 1.52. The minimum absolute atomic E-state index is 0.0516. The van der Waals surface area contributed by atoms with E-state index in [1.807, 2.05) is 6.07 Å². The van der Waals surface area contributed by atoms with Gasteiger partial charge in [-0.15, -0.1) is 0 Å². The fourth-order valence-electron chi connectivity index (χ4n) is 4.69. The molecular formula is C22H20Cl3N3O4. The summed E-state index contributed by atoms with van der Waals surface area (Å²) < 4.78 is 6.43. The molecule has 2 fully saturated rings. The normalized spacial score (nSPS) is 25.4. The van der Waals surface area contributed by atoms with E-state index in [4.69, 9.17) is 39.5 Å². The van der Waals surface area contributed by atoms with E-state index in [9.17, 15) is 14.7 Å². The molecule has 2 aromatic rings. The third-order valence-corrected chi connectivity index (χ3v) is 7.07. The van der Waals surface area contributed by atoms with Crippen LogP contribution in [0.5, 0.6) is 5.75 Å². The Kier molecular flexibility index (Phi) is 5.72. The van der Waals surface area contributed by atoms with Crippen molar-refractivity contribution in [2.24, 2.45) is 0 Å². The Morgan fingerprint density at radius 1 is 1.09 bits per heavy atom. The number of nitrogens with zero attached hydrogens (tertiary/aromatic N) is 2. The summed E-state index contributed by atoms with van der Waals surface area (Å²) in [6, 6.07) is 7.78. The van der Waals surface area contributed by atoms with Gasteiger partial charge in [0.25, 0.3) is 5.91 Å². The number of rotatable bonds is 4. The van der Waals surface area contributed by atoms with E-state index in [1.165, 1.54) is 0 Å². The highest BCUT2D eigenvalue weighted by molar-refractivity contribution is 6.35. The van der Waals surface area contributed by atoms with Crippen molar-refractivity contribution < 1.29 is 19.4 Å². The first-order chi connectivity index (χ1) is 15.3. The lowest BCUT2D eigenvalue weighted by atomic mass is 10.1. The van der Waals surface area contributed by atoms with E-state index in [2.05, 4.69) is 10.2 Å². The number of benzene rings is 2. The number of carbonyl (C=O) groups is 2. The van der Waals surface area contributed by atoms with Crippen LogP contribution in [0.4, 0.5) is 10.5 Å². The lowest BCUT2D eigenvalue weighted by molar-refractivity contribution is -0.115. The number of amides is 3. The lowest BCUT2D eigenvalue weighted by Crippen LogP contribution is -2.39. The molecule has 0 spiro atoms. The summed E-state index contributed by atoms with van der Waals surface area (Å²) in [6.07, 6.45) is 0.510. The van der Waals surface area contributed by atoms with Crippen molar-refractivity contribution in [2.75, 3.05) is 24.5 Å². The molecule has 7 nitrogen and oxygen atoms in total. The number of halogens is 3. The van der Waals surface area contributed by atoms with Crippen molar-refractivity contribution in [2.45, 2.75) is 31.1 Å². The SMILES string of the molecule is O=C1CNC(=O)N1c1ccc(Cl)c(O[C@H]2c3cc(Cl)cc(Cl)c3C[C@@H]2N2CC[C@@H](O)C2)c1. The van der Waals surface area contributed by atoms with Crippen molar-refractivity contribution >= 4 is 52.4 Å². The van der Waals surface area contributed by atoms with Gasteiger partial charge >= 0.3 is 6.03 Å². The van der Waals surface area contributed by atoms with E-state index in [0.29, 0.717) is 45.9 Å². The minimum Gasteiger partial charge on any atom is -0.482 e. The number of fused-ring (bicyclic) bond motifs is 1. The first-order valence-corrected chi connectivity index (χ1v) is 11.4. The second kappa shape index (κ2) is 8.39. The van der Waals surface area contributed by atoms with Crippen LogP contribution in [0.1, 0.15) is 23.7 Å². The van der Waals surface area contributed by atoms with Gasteiger partial charge in [0.05, 0.1) is 29.4 Å². The number of nitrogens with one attached hydrogen (secondary N) is 1. The van der Waals surface area contributed by atoms with E-state index in [-0.39, 0.29) is 24.6 Å². The molecule has 3 aliphatic rings. The number of imide groups is 1. The molecule has 0 bridgehead atoms. The highest BCUT2D eigenvalue weighted by atomic mass is 35.5. The Hall–Kier alpha value is -2.03. The van der Waals surface area contributed by atoms with Gasteiger partial charge < -0.3 is 15.2 Å². The van der Waals surface area contributed by atoms with E-state index in [1.54, 1.807) is 24.3 Å². The molecule has 2 heterocycles. The summed E-state index contributed by atoms with van der Waals surface area (Å²) in [4.78, 5) is 27.5. The fraction of sp³-hybridized carbons (Fsp3) is 0.364. The van der Waals surface area contributed by atoms with Crippen LogP contribution in [0.25, 0.3) is 0 Å². The maximum atomic E-state index is 12.1. The first-order valence-electron chi connectivity index (χ1n) is 10.3. The van der Waals surface area contributed by atoms with Gasteiger partial charge in [0.2, 0.25) is 0 Å². The Bertz CT molecular complexity index is 1100. The predicted molar refractivity (Wildman–Crippen MR) is 122 cm³/mol. The number of ether oxygens (including phenoxy) is 1. The van der Waals surface area contributed by atoms with E-state index >= 15 is 0 Å². The minimum atomic E-state index is -0.489. The second-order valence-corrected chi connectivity index (χ2v) is 9.46. The predicted octanol–water partition coefficient (Wildman–Crippen LogP) is 3.81. The average Bonchev–Trinajstić information content (AvgIpc) is 3.42. The molecule has 0 aromatic heterocycles. The molecule has 3 amide bonds. The van der Waals surface area contributed by atoms with Gasteiger partial charge in [-0.25, -0.2) is 9.69 Å². The van der Waals surface area contributed by atoms with Crippen LogP contribution in [-0.2, 0) is 11.2 Å². The van der Waals surface area contributed by atoms with Crippen molar-refractivity contribution in [3.8, 4) is 5.75 Å². The molecule has 5 rings (SSSR count). The van der Waals surface area contributed by atoms with Gasteiger partial charge in [-0.3, -0.25) is 9.69 Å². The fourth-order valence-corrected chi connectivity index (χ4v) is 5.44. The summed E-state index contributed by atoms with van der Waals surface area (Å²) in [5, 5.41) is 14.0. The summed E-state index contributed by atoms with van der Waals surface area (Å²) in [6.45, 7) is 1.23. The standard InChI is InChI=1S/C22H20Cl3N3O4/c23-11-5-15-14(17(25)6-11)8-18(27-4-3-13(29)10-27)21(15)32-19-7-12(1-2-16(19)24)28-20(30)9-26-22(28)31/h1-2,5-7,13,18,21,29H,3-4,8-10H2,(H,26,31)/t13-,18+,21+/m1/s1. The quantitative estimate of drug-likeness (QED) is 0.629. The van der Waals surface area contributed by atoms with Gasteiger partial charge in [-0.2, -0.15) is 0 Å². The van der Waals surface area contributed by atoms with Crippen molar-refractivity contribution in [3.63, 3.8) is 0 Å². The van der Waals surface area contributed by atoms with Crippen LogP contribution in [0, 0.1) is 0 Å². The molecule has 1 aliphatic carbocycles. The number of anilines is 1. The van der Waals surface area contributed by atoms with Crippen LogP contribution in [0.15, 0.2) is 30.3 Å². The maximum Gasteiger partial charge on any atom is 0.329 e. The average molecular weight is 497 g/mol. The highest BCUT2D eigenvalue weighted by Crippen LogP contribution is 2.45. The molecule has 2 saturated heterocycles. The zero-order valence-electron chi connectivity index (χ0n) is 16.9. The van der Waals surface area contributed by atoms with Crippen LogP contribution in [-0.4, -0.2) is 53.7 Å². The summed E-state index contributed by atoms with van der Waals surface area (Å²) in [5.74, 6) is -0.00709. The molecule has 168 valence electrons. The van der Waals surface area contributed by atoms with Gasteiger partial charge in [-0.05, 0) is 42.7 Å². The topological polar surface area (TPSA) is 82.1 Å².